The van der Waals surface area contributed by atoms with Crippen LogP contribution in [0.2, 0.25) is 0 Å². The molecule has 2 rings (SSSR count). The monoisotopic (exact) mass is 265 g/mol. The molecule has 3 N–H and O–H groups in total. The molecule has 0 saturated heterocycles. The van der Waals surface area contributed by atoms with Crippen LogP contribution in [-0.4, -0.2) is 27.2 Å². The highest BCUT2D eigenvalue weighted by Gasteiger charge is 2.22. The second-order valence-corrected chi connectivity index (χ2v) is 5.63. The van der Waals surface area contributed by atoms with Crippen molar-refractivity contribution in [3.63, 3.8) is 0 Å². The molecule has 2 atom stereocenters. The topological polar surface area (TPSA) is 78.0 Å². The number of anilines is 1. The third kappa shape index (κ3) is 3.80. The SMILES string of the molecule is CC(C)c1nc(NC2CCCCCC2O)cc(=O)[nH]1. The molecule has 0 bridgehead atoms. The molecular formula is C14H23N3O2. The highest BCUT2D eigenvalue weighted by Crippen LogP contribution is 2.21. The van der Waals surface area contributed by atoms with Gasteiger partial charge in [-0.3, -0.25) is 4.79 Å². The van der Waals surface area contributed by atoms with Crippen molar-refractivity contribution in [1.82, 2.24) is 9.97 Å². The first kappa shape index (κ1) is 14.1. The standard InChI is InChI=1S/C14H23N3O2/c1-9(2)14-16-12(8-13(19)17-14)15-10-6-4-3-5-7-11(10)18/h8-11,18H,3-7H2,1-2H3,(H2,15,16,17,19). The van der Waals surface area contributed by atoms with Crippen molar-refractivity contribution < 1.29 is 5.11 Å². The van der Waals surface area contributed by atoms with E-state index in [1.807, 2.05) is 13.8 Å². The summed E-state index contributed by atoms with van der Waals surface area (Å²) in [4.78, 5) is 18.8. The van der Waals surface area contributed by atoms with Gasteiger partial charge in [0.15, 0.2) is 0 Å². The number of H-pyrrole nitrogens is 1. The summed E-state index contributed by atoms with van der Waals surface area (Å²) in [7, 11) is 0. The third-order valence-electron chi connectivity index (χ3n) is 3.62. The summed E-state index contributed by atoms with van der Waals surface area (Å²) in [6.45, 7) is 3.98. The van der Waals surface area contributed by atoms with E-state index in [-0.39, 0.29) is 23.6 Å². The number of aromatic nitrogens is 2. The third-order valence-corrected chi connectivity index (χ3v) is 3.62. The molecule has 1 fully saturated rings. The molecule has 0 aliphatic heterocycles. The van der Waals surface area contributed by atoms with Gasteiger partial charge in [0.1, 0.15) is 11.6 Å². The van der Waals surface area contributed by atoms with Crippen molar-refractivity contribution in [3.05, 3.63) is 22.2 Å². The highest BCUT2D eigenvalue weighted by molar-refractivity contribution is 5.35. The van der Waals surface area contributed by atoms with Gasteiger partial charge in [-0.2, -0.15) is 0 Å². The highest BCUT2D eigenvalue weighted by atomic mass is 16.3. The number of hydrogen-bond donors (Lipinski definition) is 3. The fraction of sp³-hybridized carbons (Fsp3) is 0.714. The molecular weight excluding hydrogens is 242 g/mol. The van der Waals surface area contributed by atoms with Crippen LogP contribution in [0.25, 0.3) is 0 Å². The summed E-state index contributed by atoms with van der Waals surface area (Å²) in [5, 5.41) is 13.3. The van der Waals surface area contributed by atoms with Gasteiger partial charge < -0.3 is 15.4 Å². The van der Waals surface area contributed by atoms with Gasteiger partial charge in [-0.05, 0) is 12.8 Å². The number of nitrogens with one attached hydrogen (secondary N) is 2. The average molecular weight is 265 g/mol. The summed E-state index contributed by atoms with van der Waals surface area (Å²) in [5.41, 5.74) is -0.149. The number of aromatic amines is 1. The molecule has 0 aromatic carbocycles. The van der Waals surface area contributed by atoms with Gasteiger partial charge in [0.2, 0.25) is 0 Å². The van der Waals surface area contributed by atoms with Gasteiger partial charge >= 0.3 is 0 Å². The van der Waals surface area contributed by atoms with E-state index in [4.69, 9.17) is 0 Å². The lowest BCUT2D eigenvalue weighted by Crippen LogP contribution is -2.33. The van der Waals surface area contributed by atoms with Gasteiger partial charge in [0, 0.05) is 12.0 Å². The van der Waals surface area contributed by atoms with E-state index in [1.165, 1.54) is 6.07 Å². The Morgan fingerprint density at radius 1 is 1.37 bits per heavy atom. The van der Waals surface area contributed by atoms with Gasteiger partial charge in [-0.25, -0.2) is 4.98 Å². The molecule has 1 saturated carbocycles. The average Bonchev–Trinajstić information content (AvgIpc) is 2.54. The first-order valence-electron chi connectivity index (χ1n) is 7.12. The number of hydrogen-bond acceptors (Lipinski definition) is 4. The Hall–Kier alpha value is -1.36. The number of nitrogens with zero attached hydrogens (tertiary/aromatic N) is 1. The molecule has 5 nitrogen and oxygen atoms in total. The Balaban J connectivity index is 2.15. The lowest BCUT2D eigenvalue weighted by Gasteiger charge is -2.22. The van der Waals surface area contributed by atoms with E-state index in [0.717, 1.165) is 32.1 Å². The maximum atomic E-state index is 11.6. The van der Waals surface area contributed by atoms with Crippen LogP contribution < -0.4 is 10.9 Å². The zero-order valence-electron chi connectivity index (χ0n) is 11.6. The maximum Gasteiger partial charge on any atom is 0.252 e. The smallest absolute Gasteiger partial charge is 0.252 e. The molecule has 1 aromatic heterocycles. The summed E-state index contributed by atoms with van der Waals surface area (Å²) in [6, 6.07) is 1.46. The van der Waals surface area contributed by atoms with E-state index in [1.54, 1.807) is 0 Å². The van der Waals surface area contributed by atoms with Crippen LogP contribution in [-0.2, 0) is 0 Å². The van der Waals surface area contributed by atoms with Crippen molar-refractivity contribution >= 4 is 5.82 Å². The Kier molecular flexibility index (Phi) is 4.58. The predicted octanol–water partition coefficient (Wildman–Crippen LogP) is 2.00. The first-order valence-corrected chi connectivity index (χ1v) is 7.12. The van der Waals surface area contributed by atoms with Crippen molar-refractivity contribution in [2.75, 3.05) is 5.32 Å². The Bertz CT molecular complexity index is 470. The Morgan fingerprint density at radius 2 is 2.11 bits per heavy atom. The van der Waals surface area contributed by atoms with Gasteiger partial charge in [0.25, 0.3) is 5.56 Å². The van der Waals surface area contributed by atoms with Gasteiger partial charge in [-0.1, -0.05) is 33.1 Å². The van der Waals surface area contributed by atoms with Gasteiger partial charge in [-0.15, -0.1) is 0 Å². The zero-order chi connectivity index (χ0) is 13.8. The van der Waals surface area contributed by atoms with E-state index in [0.29, 0.717) is 11.6 Å². The molecule has 1 aliphatic carbocycles. The molecule has 106 valence electrons. The molecule has 1 heterocycles. The molecule has 0 amide bonds. The molecule has 0 radical (unpaired) electrons. The molecule has 5 heteroatoms. The van der Waals surface area contributed by atoms with Crippen LogP contribution in [0.3, 0.4) is 0 Å². The Labute approximate surface area is 113 Å². The predicted molar refractivity (Wildman–Crippen MR) is 75.4 cm³/mol. The first-order chi connectivity index (χ1) is 9.06. The summed E-state index contributed by atoms with van der Waals surface area (Å²) >= 11 is 0. The summed E-state index contributed by atoms with van der Waals surface area (Å²) < 4.78 is 0. The largest absolute Gasteiger partial charge is 0.391 e. The number of rotatable bonds is 3. The van der Waals surface area contributed by atoms with E-state index in [2.05, 4.69) is 15.3 Å². The minimum atomic E-state index is -0.355. The van der Waals surface area contributed by atoms with Crippen molar-refractivity contribution in [2.24, 2.45) is 0 Å². The second kappa shape index (κ2) is 6.19. The van der Waals surface area contributed by atoms with Crippen LogP contribution in [0.15, 0.2) is 10.9 Å². The Morgan fingerprint density at radius 3 is 2.84 bits per heavy atom. The fourth-order valence-electron chi connectivity index (χ4n) is 2.47. The summed E-state index contributed by atoms with van der Waals surface area (Å²) in [6.07, 6.45) is 4.72. The molecule has 2 unspecified atom stereocenters. The van der Waals surface area contributed by atoms with Crippen LogP contribution in [0, 0.1) is 0 Å². The normalized spacial score (nSPS) is 24.2. The maximum absolute atomic E-state index is 11.6. The van der Waals surface area contributed by atoms with Crippen LogP contribution in [0.5, 0.6) is 0 Å². The summed E-state index contributed by atoms with van der Waals surface area (Å²) in [5.74, 6) is 1.42. The van der Waals surface area contributed by atoms with Crippen molar-refractivity contribution in [1.29, 1.82) is 0 Å². The fourth-order valence-corrected chi connectivity index (χ4v) is 2.47. The van der Waals surface area contributed by atoms with E-state index in [9.17, 15) is 9.90 Å². The van der Waals surface area contributed by atoms with E-state index < -0.39 is 0 Å². The van der Waals surface area contributed by atoms with Crippen LogP contribution in [0.4, 0.5) is 5.82 Å². The minimum Gasteiger partial charge on any atom is -0.391 e. The lowest BCUT2D eigenvalue weighted by molar-refractivity contribution is 0.144. The van der Waals surface area contributed by atoms with Gasteiger partial charge in [0.05, 0.1) is 12.1 Å². The van der Waals surface area contributed by atoms with Crippen LogP contribution in [0.1, 0.15) is 57.7 Å². The van der Waals surface area contributed by atoms with E-state index >= 15 is 0 Å². The quantitative estimate of drug-likeness (QED) is 0.730. The number of aliphatic hydroxyl groups excluding tert-OH is 1. The van der Waals surface area contributed by atoms with Crippen molar-refractivity contribution in [2.45, 2.75) is 64.0 Å². The second-order valence-electron chi connectivity index (χ2n) is 5.63. The zero-order valence-corrected chi connectivity index (χ0v) is 11.6. The molecule has 1 aliphatic rings. The molecule has 19 heavy (non-hydrogen) atoms. The molecule has 1 aromatic rings. The minimum absolute atomic E-state index is 0.00295. The van der Waals surface area contributed by atoms with Crippen molar-refractivity contribution in [3.8, 4) is 0 Å². The molecule has 0 spiro atoms. The number of aliphatic hydroxyl groups is 1. The van der Waals surface area contributed by atoms with Crippen LogP contribution >= 0.6 is 0 Å². The lowest BCUT2D eigenvalue weighted by atomic mass is 10.1.